The standard InChI is InChI=1S/C11H12F3NO/c1-15-5-7-6-16-10-3-2-8(4-9(7)10)11(12,13)14/h2-4,7,15H,5-6H2,1H3. The SMILES string of the molecule is CNCC1COc2ccc(C(F)(F)F)cc21. The van der Waals surface area contributed by atoms with Gasteiger partial charge in [0.2, 0.25) is 0 Å². The Labute approximate surface area is 91.4 Å². The van der Waals surface area contributed by atoms with Crippen molar-refractivity contribution in [3.8, 4) is 5.75 Å². The van der Waals surface area contributed by atoms with Crippen LogP contribution in [0.5, 0.6) is 5.75 Å². The molecule has 0 saturated carbocycles. The van der Waals surface area contributed by atoms with Gasteiger partial charge in [0.1, 0.15) is 5.75 Å². The summed E-state index contributed by atoms with van der Waals surface area (Å²) >= 11 is 0. The first-order valence-electron chi connectivity index (χ1n) is 5.01. The van der Waals surface area contributed by atoms with E-state index < -0.39 is 11.7 Å². The third kappa shape index (κ3) is 2.00. The average molecular weight is 231 g/mol. The normalized spacial score (nSPS) is 19.4. The van der Waals surface area contributed by atoms with Gasteiger partial charge in [-0.15, -0.1) is 0 Å². The molecule has 0 bridgehead atoms. The molecule has 0 amide bonds. The summed E-state index contributed by atoms with van der Waals surface area (Å²) in [6.07, 6.45) is -4.29. The molecule has 0 fully saturated rings. The minimum atomic E-state index is -4.29. The number of likely N-dealkylation sites (N-methyl/N-ethyl adjacent to an activating group) is 1. The van der Waals surface area contributed by atoms with E-state index in [-0.39, 0.29) is 5.92 Å². The highest BCUT2D eigenvalue weighted by atomic mass is 19.4. The quantitative estimate of drug-likeness (QED) is 0.843. The molecule has 1 aromatic carbocycles. The first kappa shape index (κ1) is 11.3. The van der Waals surface area contributed by atoms with Gasteiger partial charge in [-0.25, -0.2) is 0 Å². The molecule has 1 unspecified atom stereocenters. The van der Waals surface area contributed by atoms with E-state index in [0.29, 0.717) is 24.5 Å². The molecule has 1 atom stereocenters. The van der Waals surface area contributed by atoms with Gasteiger partial charge in [-0.3, -0.25) is 0 Å². The van der Waals surface area contributed by atoms with Crippen LogP contribution in [0.1, 0.15) is 17.0 Å². The molecule has 0 radical (unpaired) electrons. The Hall–Kier alpha value is -1.23. The maximum atomic E-state index is 12.5. The highest BCUT2D eigenvalue weighted by molar-refractivity contribution is 5.43. The van der Waals surface area contributed by atoms with Crippen LogP contribution in [-0.2, 0) is 6.18 Å². The van der Waals surface area contributed by atoms with Crippen molar-refractivity contribution in [1.29, 1.82) is 0 Å². The summed E-state index contributed by atoms with van der Waals surface area (Å²) in [5, 5.41) is 2.95. The Bertz CT molecular complexity index is 387. The summed E-state index contributed by atoms with van der Waals surface area (Å²) in [5.41, 5.74) is 0.0297. The summed E-state index contributed by atoms with van der Waals surface area (Å²) in [5.74, 6) is 0.565. The number of nitrogens with one attached hydrogen (secondary N) is 1. The molecule has 5 heteroatoms. The van der Waals surface area contributed by atoms with E-state index >= 15 is 0 Å². The fraction of sp³-hybridized carbons (Fsp3) is 0.455. The van der Waals surface area contributed by atoms with Crippen LogP contribution in [0.2, 0.25) is 0 Å². The van der Waals surface area contributed by atoms with E-state index in [1.54, 1.807) is 7.05 Å². The van der Waals surface area contributed by atoms with Crippen LogP contribution < -0.4 is 10.1 Å². The lowest BCUT2D eigenvalue weighted by molar-refractivity contribution is -0.137. The Balaban J connectivity index is 2.34. The number of hydrogen-bond acceptors (Lipinski definition) is 2. The highest BCUT2D eigenvalue weighted by Gasteiger charge is 2.33. The van der Waals surface area contributed by atoms with Crippen LogP contribution in [-0.4, -0.2) is 20.2 Å². The summed E-state index contributed by atoms with van der Waals surface area (Å²) < 4.78 is 42.9. The lowest BCUT2D eigenvalue weighted by atomic mass is 9.99. The number of halogens is 3. The van der Waals surface area contributed by atoms with E-state index in [4.69, 9.17) is 4.74 Å². The zero-order chi connectivity index (χ0) is 11.8. The Morgan fingerprint density at radius 3 is 2.81 bits per heavy atom. The largest absolute Gasteiger partial charge is 0.493 e. The van der Waals surface area contributed by atoms with Crippen molar-refractivity contribution in [3.63, 3.8) is 0 Å². The molecule has 0 spiro atoms. The number of ether oxygens (including phenoxy) is 1. The third-order valence-electron chi connectivity index (χ3n) is 2.67. The summed E-state index contributed by atoms with van der Waals surface area (Å²) in [6.45, 7) is 1.06. The number of fused-ring (bicyclic) bond motifs is 1. The topological polar surface area (TPSA) is 21.3 Å². The number of alkyl halides is 3. The molecule has 0 aromatic heterocycles. The van der Waals surface area contributed by atoms with Gasteiger partial charge in [0.05, 0.1) is 12.2 Å². The Morgan fingerprint density at radius 1 is 1.44 bits per heavy atom. The van der Waals surface area contributed by atoms with Crippen LogP contribution in [0.4, 0.5) is 13.2 Å². The van der Waals surface area contributed by atoms with Gasteiger partial charge in [0, 0.05) is 18.0 Å². The maximum Gasteiger partial charge on any atom is 0.416 e. The second-order valence-corrected chi connectivity index (χ2v) is 3.82. The van der Waals surface area contributed by atoms with E-state index in [1.165, 1.54) is 12.1 Å². The van der Waals surface area contributed by atoms with Crippen LogP contribution >= 0.6 is 0 Å². The number of benzene rings is 1. The average Bonchev–Trinajstić information content (AvgIpc) is 2.60. The van der Waals surface area contributed by atoms with E-state index in [9.17, 15) is 13.2 Å². The van der Waals surface area contributed by atoms with Crippen molar-refractivity contribution in [2.75, 3.05) is 20.2 Å². The summed E-state index contributed by atoms with van der Waals surface area (Å²) in [6, 6.07) is 3.64. The fourth-order valence-corrected chi connectivity index (χ4v) is 1.87. The van der Waals surface area contributed by atoms with Crippen molar-refractivity contribution in [2.45, 2.75) is 12.1 Å². The van der Waals surface area contributed by atoms with Gasteiger partial charge in [0.15, 0.2) is 0 Å². The zero-order valence-electron chi connectivity index (χ0n) is 8.77. The highest BCUT2D eigenvalue weighted by Crippen LogP contribution is 2.38. The first-order valence-corrected chi connectivity index (χ1v) is 5.01. The Kier molecular flexibility index (Phi) is 2.80. The molecular weight excluding hydrogens is 219 g/mol. The second kappa shape index (κ2) is 3.97. The van der Waals surface area contributed by atoms with Crippen LogP contribution in [0, 0.1) is 0 Å². The van der Waals surface area contributed by atoms with Crippen molar-refractivity contribution in [2.24, 2.45) is 0 Å². The molecular formula is C11H12F3NO. The summed E-state index contributed by atoms with van der Waals surface area (Å²) in [4.78, 5) is 0. The predicted octanol–water partition coefficient (Wildman–Crippen LogP) is 2.40. The fourth-order valence-electron chi connectivity index (χ4n) is 1.87. The zero-order valence-corrected chi connectivity index (χ0v) is 8.77. The monoisotopic (exact) mass is 231 g/mol. The van der Waals surface area contributed by atoms with E-state index in [0.717, 1.165) is 6.07 Å². The van der Waals surface area contributed by atoms with Crippen molar-refractivity contribution >= 4 is 0 Å². The van der Waals surface area contributed by atoms with Gasteiger partial charge in [-0.2, -0.15) is 13.2 Å². The van der Waals surface area contributed by atoms with Gasteiger partial charge >= 0.3 is 6.18 Å². The first-order chi connectivity index (χ1) is 7.52. The van der Waals surface area contributed by atoms with Crippen molar-refractivity contribution in [3.05, 3.63) is 29.3 Å². The lowest BCUT2D eigenvalue weighted by Crippen LogP contribution is -2.18. The van der Waals surface area contributed by atoms with Gasteiger partial charge in [-0.05, 0) is 25.2 Å². The third-order valence-corrected chi connectivity index (χ3v) is 2.67. The predicted molar refractivity (Wildman–Crippen MR) is 53.6 cm³/mol. The molecule has 16 heavy (non-hydrogen) atoms. The van der Waals surface area contributed by atoms with Gasteiger partial charge in [-0.1, -0.05) is 0 Å². The van der Waals surface area contributed by atoms with Crippen LogP contribution in [0.3, 0.4) is 0 Å². The minimum absolute atomic E-state index is 0.00213. The number of rotatable bonds is 2. The molecule has 0 saturated heterocycles. The number of hydrogen-bond donors (Lipinski definition) is 1. The molecule has 88 valence electrons. The molecule has 1 aromatic rings. The molecule has 2 rings (SSSR count). The molecule has 2 nitrogen and oxygen atoms in total. The lowest BCUT2D eigenvalue weighted by Gasteiger charge is -2.10. The second-order valence-electron chi connectivity index (χ2n) is 3.82. The maximum absolute atomic E-state index is 12.5. The van der Waals surface area contributed by atoms with Crippen molar-refractivity contribution < 1.29 is 17.9 Å². The molecule has 0 aliphatic carbocycles. The molecule has 1 aliphatic rings. The van der Waals surface area contributed by atoms with E-state index in [1.807, 2.05) is 0 Å². The van der Waals surface area contributed by atoms with E-state index in [2.05, 4.69) is 5.32 Å². The molecule has 1 aliphatic heterocycles. The van der Waals surface area contributed by atoms with Gasteiger partial charge < -0.3 is 10.1 Å². The van der Waals surface area contributed by atoms with Gasteiger partial charge in [0.25, 0.3) is 0 Å². The van der Waals surface area contributed by atoms with Crippen LogP contribution in [0.15, 0.2) is 18.2 Å². The van der Waals surface area contributed by atoms with Crippen LogP contribution in [0.25, 0.3) is 0 Å². The molecule has 1 N–H and O–H groups in total. The Morgan fingerprint density at radius 2 is 2.19 bits per heavy atom. The molecule has 1 heterocycles. The summed E-state index contributed by atoms with van der Waals surface area (Å²) in [7, 11) is 1.77. The minimum Gasteiger partial charge on any atom is -0.493 e. The smallest absolute Gasteiger partial charge is 0.416 e. The van der Waals surface area contributed by atoms with Crippen molar-refractivity contribution in [1.82, 2.24) is 5.32 Å².